The smallest absolute Gasteiger partial charge is 0.197 e. The van der Waals surface area contributed by atoms with Crippen LogP contribution in [0.15, 0.2) is 83.9 Å². The SMILES string of the molecule is CC1(C)Oc2cc3c(cc2-c2sc(C=C4C(=O)c5ccccc5C4=O)cc21)OC(C)(C)c1cc(C=C2C(=O)c4ccccc4C2=O)sc1-3. The number of ether oxygens (including phenoxy) is 2. The molecule has 2 aliphatic carbocycles. The van der Waals surface area contributed by atoms with Crippen LogP contribution in [-0.2, 0) is 11.2 Å². The zero-order valence-corrected chi connectivity index (χ0v) is 28.0. The molecular weight excluding hydrogens is 641 g/mol. The molecule has 2 aliphatic heterocycles. The average molecular weight is 667 g/mol. The maximum Gasteiger partial charge on any atom is 0.197 e. The van der Waals surface area contributed by atoms with E-state index in [1.807, 2.05) is 52.0 Å². The van der Waals surface area contributed by atoms with E-state index >= 15 is 0 Å². The fourth-order valence-corrected chi connectivity index (χ4v) is 9.64. The highest BCUT2D eigenvalue weighted by Crippen LogP contribution is 2.56. The summed E-state index contributed by atoms with van der Waals surface area (Å²) in [6.45, 7) is 8.03. The normalized spacial score (nSPS) is 17.5. The van der Waals surface area contributed by atoms with E-state index in [0.717, 1.165) is 41.8 Å². The molecule has 0 radical (unpaired) electrons. The molecule has 48 heavy (non-hydrogen) atoms. The average Bonchev–Trinajstić information content (AvgIpc) is 3.80. The van der Waals surface area contributed by atoms with E-state index in [1.165, 1.54) is 22.7 Å². The Kier molecular flexibility index (Phi) is 5.85. The third-order valence-corrected chi connectivity index (χ3v) is 11.7. The van der Waals surface area contributed by atoms with Gasteiger partial charge in [0.2, 0.25) is 0 Å². The van der Waals surface area contributed by atoms with Crippen LogP contribution in [0.25, 0.3) is 33.0 Å². The molecule has 234 valence electrons. The molecule has 0 fully saturated rings. The minimum Gasteiger partial charge on any atom is -0.482 e. The molecule has 6 nitrogen and oxygen atoms in total. The minimum absolute atomic E-state index is 0.171. The van der Waals surface area contributed by atoms with Crippen molar-refractivity contribution >= 4 is 58.0 Å². The van der Waals surface area contributed by atoms with Crippen LogP contribution in [0, 0.1) is 0 Å². The molecule has 9 rings (SSSR count). The highest BCUT2D eigenvalue weighted by Gasteiger charge is 2.41. The second-order valence-electron chi connectivity index (χ2n) is 13.4. The maximum absolute atomic E-state index is 13.1. The van der Waals surface area contributed by atoms with E-state index in [9.17, 15) is 19.2 Å². The van der Waals surface area contributed by atoms with Crippen LogP contribution in [0.4, 0.5) is 0 Å². The van der Waals surface area contributed by atoms with Crippen molar-refractivity contribution in [3.05, 3.63) is 127 Å². The third-order valence-electron chi connectivity index (χ3n) is 9.49. The fourth-order valence-electron chi connectivity index (χ4n) is 7.09. The van der Waals surface area contributed by atoms with Crippen molar-refractivity contribution in [2.75, 3.05) is 0 Å². The van der Waals surface area contributed by atoms with Gasteiger partial charge in [-0.05, 0) is 64.1 Å². The van der Waals surface area contributed by atoms with Gasteiger partial charge in [0.25, 0.3) is 0 Å². The minimum atomic E-state index is -0.683. The number of hydrogen-bond acceptors (Lipinski definition) is 8. The van der Waals surface area contributed by atoms with Crippen molar-refractivity contribution in [1.82, 2.24) is 0 Å². The van der Waals surface area contributed by atoms with Gasteiger partial charge in [0.1, 0.15) is 22.7 Å². The molecule has 0 bridgehead atoms. The van der Waals surface area contributed by atoms with Crippen LogP contribution in [-0.4, -0.2) is 23.1 Å². The summed E-state index contributed by atoms with van der Waals surface area (Å²) >= 11 is 3.04. The molecule has 4 heterocycles. The first-order valence-electron chi connectivity index (χ1n) is 15.6. The molecule has 5 aromatic rings. The van der Waals surface area contributed by atoms with Crippen molar-refractivity contribution in [1.29, 1.82) is 0 Å². The van der Waals surface area contributed by atoms with Gasteiger partial charge in [-0.15, -0.1) is 22.7 Å². The summed E-state index contributed by atoms with van der Waals surface area (Å²) in [7, 11) is 0. The lowest BCUT2D eigenvalue weighted by Gasteiger charge is -2.36. The monoisotopic (exact) mass is 666 g/mol. The summed E-state index contributed by atoms with van der Waals surface area (Å²) in [6, 6.07) is 21.9. The van der Waals surface area contributed by atoms with E-state index in [-0.39, 0.29) is 34.3 Å². The lowest BCUT2D eigenvalue weighted by molar-refractivity contribution is 0.0975. The molecule has 0 saturated heterocycles. The Morgan fingerprint density at radius 2 is 0.833 bits per heavy atom. The molecule has 0 saturated carbocycles. The zero-order chi connectivity index (χ0) is 33.3. The number of fused-ring (bicyclic) bond motifs is 8. The molecule has 0 N–H and O–H groups in total. The van der Waals surface area contributed by atoms with E-state index < -0.39 is 11.2 Å². The Balaban J connectivity index is 1.13. The Morgan fingerprint density at radius 3 is 1.17 bits per heavy atom. The Hall–Kier alpha value is -5.18. The second kappa shape index (κ2) is 9.69. The van der Waals surface area contributed by atoms with Crippen LogP contribution in [0.5, 0.6) is 11.5 Å². The van der Waals surface area contributed by atoms with Crippen LogP contribution in [0.3, 0.4) is 0 Å². The molecule has 4 aliphatic rings. The molecular formula is C40H26O6S2. The quantitative estimate of drug-likeness (QED) is 0.138. The van der Waals surface area contributed by atoms with Gasteiger partial charge in [-0.2, -0.15) is 0 Å². The van der Waals surface area contributed by atoms with Crippen LogP contribution >= 0.6 is 22.7 Å². The first-order chi connectivity index (χ1) is 22.9. The van der Waals surface area contributed by atoms with E-state index in [2.05, 4.69) is 0 Å². The highest BCUT2D eigenvalue weighted by atomic mass is 32.1. The number of carbonyl (C=O) groups excluding carboxylic acids is 4. The van der Waals surface area contributed by atoms with Crippen molar-refractivity contribution in [3.63, 3.8) is 0 Å². The summed E-state index contributed by atoms with van der Waals surface area (Å²) in [6.07, 6.45) is 3.40. The standard InChI is InChI=1S/C40H26O6S2/c1-39(2)29-15-19(13-27-33(41)21-9-5-6-10-22(21)34(27)42)47-37(29)25-18-32-26(17-31(25)45-39)38-30(40(3,4)46-32)16-20(48-38)14-28-35(43)23-11-7-8-12-24(23)36(28)44/h5-18H,1-4H3. The van der Waals surface area contributed by atoms with Gasteiger partial charge in [-0.3, -0.25) is 19.2 Å². The van der Waals surface area contributed by atoms with Gasteiger partial charge in [-0.25, -0.2) is 0 Å². The number of rotatable bonds is 2. The molecule has 0 atom stereocenters. The van der Waals surface area contributed by atoms with Gasteiger partial charge in [-0.1, -0.05) is 48.5 Å². The first-order valence-corrected chi connectivity index (χ1v) is 17.2. The Bertz CT molecular complexity index is 2190. The largest absolute Gasteiger partial charge is 0.482 e. The molecule has 0 spiro atoms. The van der Waals surface area contributed by atoms with Gasteiger partial charge in [0.05, 0.1) is 11.1 Å². The van der Waals surface area contributed by atoms with Crippen molar-refractivity contribution in [3.8, 4) is 32.4 Å². The highest BCUT2D eigenvalue weighted by molar-refractivity contribution is 7.17. The maximum atomic E-state index is 13.1. The molecule has 0 amide bonds. The number of ketones is 4. The van der Waals surface area contributed by atoms with Crippen molar-refractivity contribution in [2.45, 2.75) is 38.9 Å². The van der Waals surface area contributed by atoms with Crippen molar-refractivity contribution in [2.24, 2.45) is 0 Å². The summed E-state index contributed by atoms with van der Waals surface area (Å²) in [5.74, 6) is 0.385. The van der Waals surface area contributed by atoms with E-state index in [4.69, 9.17) is 9.47 Å². The van der Waals surface area contributed by atoms with Gasteiger partial charge in [0, 0.05) is 64.0 Å². The number of carbonyl (C=O) groups is 4. The lowest BCUT2D eigenvalue weighted by Crippen LogP contribution is -2.30. The second-order valence-corrected chi connectivity index (χ2v) is 15.5. The zero-order valence-electron chi connectivity index (χ0n) is 26.3. The topological polar surface area (TPSA) is 86.7 Å². The van der Waals surface area contributed by atoms with E-state index in [0.29, 0.717) is 33.8 Å². The van der Waals surface area contributed by atoms with E-state index in [1.54, 1.807) is 60.7 Å². The van der Waals surface area contributed by atoms with Gasteiger partial charge < -0.3 is 9.47 Å². The predicted octanol–water partition coefficient (Wildman–Crippen LogP) is 9.32. The summed E-state index contributed by atoms with van der Waals surface area (Å²) < 4.78 is 13.3. The number of hydrogen-bond donors (Lipinski definition) is 0. The number of benzene rings is 3. The number of allylic oxidation sites excluding steroid dienone is 2. The van der Waals surface area contributed by atoms with Crippen LogP contribution in [0.2, 0.25) is 0 Å². The van der Waals surface area contributed by atoms with Gasteiger partial charge in [0.15, 0.2) is 23.1 Å². The Morgan fingerprint density at radius 1 is 0.500 bits per heavy atom. The summed E-state index contributed by atoms with van der Waals surface area (Å²) in [5.41, 5.74) is 4.42. The summed E-state index contributed by atoms with van der Waals surface area (Å²) in [4.78, 5) is 56.1. The lowest BCUT2D eigenvalue weighted by atomic mass is 9.88. The number of Topliss-reactive ketones (excluding diaryl/α,β-unsaturated/α-hetero) is 4. The van der Waals surface area contributed by atoms with Crippen LogP contribution in [0.1, 0.15) is 90.0 Å². The Labute approximate surface area is 284 Å². The molecule has 2 aromatic heterocycles. The van der Waals surface area contributed by atoms with Crippen molar-refractivity contribution < 1.29 is 28.7 Å². The number of thiophene rings is 2. The molecule has 3 aromatic carbocycles. The molecule has 0 unspecified atom stereocenters. The first kappa shape index (κ1) is 29.0. The molecule has 8 heteroatoms. The third kappa shape index (κ3) is 4.02. The fraction of sp³-hybridized carbons (Fsp3) is 0.150. The van der Waals surface area contributed by atoms with Crippen LogP contribution < -0.4 is 9.47 Å². The van der Waals surface area contributed by atoms with Gasteiger partial charge >= 0.3 is 0 Å². The predicted molar refractivity (Wildman–Crippen MR) is 187 cm³/mol. The summed E-state index contributed by atoms with van der Waals surface area (Å²) in [5, 5.41) is 0.